The van der Waals surface area contributed by atoms with Gasteiger partial charge in [0.05, 0.1) is 0 Å². The summed E-state index contributed by atoms with van der Waals surface area (Å²) in [6.07, 6.45) is 3.23. The predicted molar refractivity (Wildman–Crippen MR) is 76.7 cm³/mol. The molecule has 90 valence electrons. The third kappa shape index (κ3) is 1.59. The molecule has 0 saturated heterocycles. The van der Waals surface area contributed by atoms with Crippen molar-refractivity contribution in [3.63, 3.8) is 0 Å². The maximum Gasteiger partial charge on any atom is 0.188 e. The predicted octanol–water partition coefficient (Wildman–Crippen LogP) is 3.69. The van der Waals surface area contributed by atoms with E-state index >= 15 is 0 Å². The zero-order chi connectivity index (χ0) is 12.7. The van der Waals surface area contributed by atoms with Crippen molar-refractivity contribution in [1.82, 2.24) is 0 Å². The summed E-state index contributed by atoms with van der Waals surface area (Å²) in [6.45, 7) is 4.36. The van der Waals surface area contributed by atoms with E-state index in [2.05, 4.69) is 68.1 Å². The minimum Gasteiger partial charge on any atom is -0.205 e. The first-order chi connectivity index (χ1) is 8.70. The minimum absolute atomic E-state index is 1.06. The molecule has 0 amide bonds. The van der Waals surface area contributed by atoms with Crippen LogP contribution in [0.25, 0.3) is 21.5 Å². The average molecular weight is 236 g/mol. The topological polar surface area (TPSA) is 3.88 Å². The van der Waals surface area contributed by atoms with E-state index < -0.39 is 0 Å². The number of aryl methyl sites for hydroxylation is 3. The largest absolute Gasteiger partial charge is 0.205 e. The molecule has 1 heteroatoms. The number of benzene rings is 2. The summed E-state index contributed by atoms with van der Waals surface area (Å²) >= 11 is 0. The van der Waals surface area contributed by atoms with Crippen LogP contribution in [-0.2, 0) is 13.5 Å². The van der Waals surface area contributed by atoms with Gasteiger partial charge in [0.2, 0.25) is 0 Å². The molecule has 2 aromatic carbocycles. The van der Waals surface area contributed by atoms with Gasteiger partial charge in [-0.15, -0.1) is 0 Å². The molecule has 0 saturated carbocycles. The summed E-state index contributed by atoms with van der Waals surface area (Å²) in [5, 5.41) is 5.42. The molecule has 0 fully saturated rings. The normalized spacial score (nSPS) is 11.3. The first-order valence-electron chi connectivity index (χ1n) is 6.51. The third-order valence-corrected chi connectivity index (χ3v) is 3.75. The Balaban J connectivity index is 2.49. The zero-order valence-electron chi connectivity index (χ0n) is 11.2. The molecule has 1 heterocycles. The van der Waals surface area contributed by atoms with Gasteiger partial charge in [-0.1, -0.05) is 36.8 Å². The van der Waals surface area contributed by atoms with Crippen LogP contribution in [0.1, 0.15) is 18.2 Å². The van der Waals surface area contributed by atoms with Gasteiger partial charge in [0.15, 0.2) is 11.9 Å². The first-order valence-corrected chi connectivity index (χ1v) is 6.51. The Morgan fingerprint density at radius 3 is 2.50 bits per heavy atom. The molecular formula is C17H18N+. The van der Waals surface area contributed by atoms with Crippen molar-refractivity contribution >= 4 is 21.5 Å². The second-order valence-electron chi connectivity index (χ2n) is 4.98. The monoisotopic (exact) mass is 236 g/mol. The molecule has 3 aromatic rings. The van der Waals surface area contributed by atoms with Crippen molar-refractivity contribution < 1.29 is 4.57 Å². The zero-order valence-corrected chi connectivity index (χ0v) is 11.2. The summed E-state index contributed by atoms with van der Waals surface area (Å²) in [5.74, 6) is 0. The van der Waals surface area contributed by atoms with Gasteiger partial charge in [0, 0.05) is 23.3 Å². The van der Waals surface area contributed by atoms with Gasteiger partial charge in [-0.2, -0.15) is 0 Å². The minimum atomic E-state index is 1.06. The van der Waals surface area contributed by atoms with E-state index in [0.717, 1.165) is 6.42 Å². The van der Waals surface area contributed by atoms with Crippen LogP contribution in [0.15, 0.2) is 42.6 Å². The van der Waals surface area contributed by atoms with Crippen LogP contribution in [0.3, 0.4) is 0 Å². The molecule has 0 aliphatic heterocycles. The molecule has 0 spiro atoms. The van der Waals surface area contributed by atoms with E-state index in [1.165, 1.54) is 32.8 Å². The molecule has 0 aliphatic carbocycles. The average Bonchev–Trinajstić information content (AvgIpc) is 2.37. The van der Waals surface area contributed by atoms with Crippen molar-refractivity contribution in [2.75, 3.05) is 0 Å². The standard InChI is InChI=1S/C17H18N/c1-4-17-16-8-6-13-11-12(2)5-7-14(13)15(16)9-10-18(17)3/h5-11H,4H2,1-3H3/q+1. The number of nitrogens with zero attached hydrogens (tertiary/aromatic N) is 1. The van der Waals surface area contributed by atoms with Crippen molar-refractivity contribution in [3.8, 4) is 0 Å². The maximum absolute atomic E-state index is 2.26. The number of hydrogen-bond donors (Lipinski definition) is 0. The van der Waals surface area contributed by atoms with Gasteiger partial charge in [-0.3, -0.25) is 0 Å². The first kappa shape index (κ1) is 11.2. The van der Waals surface area contributed by atoms with Gasteiger partial charge >= 0.3 is 0 Å². The Morgan fingerprint density at radius 2 is 1.72 bits per heavy atom. The molecule has 1 aromatic heterocycles. The lowest BCUT2D eigenvalue weighted by atomic mass is 9.99. The summed E-state index contributed by atoms with van der Waals surface area (Å²) in [7, 11) is 2.12. The van der Waals surface area contributed by atoms with Crippen LogP contribution in [-0.4, -0.2) is 0 Å². The molecule has 0 atom stereocenters. The van der Waals surface area contributed by atoms with Gasteiger partial charge in [0.1, 0.15) is 7.05 Å². The van der Waals surface area contributed by atoms with Gasteiger partial charge in [-0.05, 0) is 23.8 Å². The number of hydrogen-bond acceptors (Lipinski definition) is 0. The third-order valence-electron chi connectivity index (χ3n) is 3.75. The van der Waals surface area contributed by atoms with Crippen LogP contribution in [0.4, 0.5) is 0 Å². The van der Waals surface area contributed by atoms with Crippen LogP contribution in [0.5, 0.6) is 0 Å². The Hall–Kier alpha value is -1.89. The lowest BCUT2D eigenvalue weighted by Crippen LogP contribution is -2.32. The van der Waals surface area contributed by atoms with Crippen molar-refractivity contribution in [3.05, 3.63) is 53.9 Å². The smallest absolute Gasteiger partial charge is 0.188 e. The number of rotatable bonds is 1. The second kappa shape index (κ2) is 4.09. The summed E-state index contributed by atoms with van der Waals surface area (Å²) in [5.41, 5.74) is 2.72. The van der Waals surface area contributed by atoms with Crippen LogP contribution >= 0.6 is 0 Å². The SMILES string of the molecule is CCc1c2ccc3cc(C)ccc3c2cc[n+]1C. The fraction of sp³-hybridized carbons (Fsp3) is 0.235. The molecule has 0 N–H and O–H groups in total. The van der Waals surface area contributed by atoms with E-state index in [-0.39, 0.29) is 0 Å². The molecule has 3 rings (SSSR count). The Labute approximate surface area is 108 Å². The summed E-state index contributed by atoms with van der Waals surface area (Å²) in [4.78, 5) is 0. The van der Waals surface area contributed by atoms with Crippen LogP contribution in [0.2, 0.25) is 0 Å². The number of fused-ring (bicyclic) bond motifs is 3. The number of aromatic nitrogens is 1. The molecule has 0 unspecified atom stereocenters. The lowest BCUT2D eigenvalue weighted by molar-refractivity contribution is -0.677. The molecule has 1 nitrogen and oxygen atoms in total. The quantitative estimate of drug-likeness (QED) is 0.448. The summed E-state index contributed by atoms with van der Waals surface area (Å²) < 4.78 is 2.22. The Kier molecular flexibility index (Phi) is 2.55. The van der Waals surface area contributed by atoms with E-state index in [0.29, 0.717) is 0 Å². The Bertz CT molecular complexity index is 741. The van der Waals surface area contributed by atoms with Gasteiger partial charge in [0.25, 0.3) is 0 Å². The lowest BCUT2D eigenvalue weighted by Gasteiger charge is -2.07. The highest BCUT2D eigenvalue weighted by atomic mass is 14.9. The molecule has 0 aliphatic rings. The fourth-order valence-electron chi connectivity index (χ4n) is 2.81. The van der Waals surface area contributed by atoms with E-state index in [4.69, 9.17) is 0 Å². The van der Waals surface area contributed by atoms with Gasteiger partial charge < -0.3 is 0 Å². The highest BCUT2D eigenvalue weighted by Crippen LogP contribution is 2.27. The second-order valence-corrected chi connectivity index (χ2v) is 4.98. The number of pyridine rings is 1. The molecular weight excluding hydrogens is 218 g/mol. The maximum atomic E-state index is 2.26. The van der Waals surface area contributed by atoms with Crippen LogP contribution < -0.4 is 4.57 Å². The highest BCUT2D eigenvalue weighted by Gasteiger charge is 2.11. The van der Waals surface area contributed by atoms with E-state index in [1.807, 2.05) is 0 Å². The van der Waals surface area contributed by atoms with Crippen LogP contribution in [0, 0.1) is 6.92 Å². The van der Waals surface area contributed by atoms with E-state index in [9.17, 15) is 0 Å². The van der Waals surface area contributed by atoms with Crippen molar-refractivity contribution in [2.45, 2.75) is 20.3 Å². The van der Waals surface area contributed by atoms with Crippen molar-refractivity contribution in [2.24, 2.45) is 7.05 Å². The molecule has 0 radical (unpaired) electrons. The van der Waals surface area contributed by atoms with Gasteiger partial charge in [-0.25, -0.2) is 4.57 Å². The summed E-state index contributed by atoms with van der Waals surface area (Å²) in [6, 6.07) is 13.4. The highest BCUT2D eigenvalue weighted by molar-refractivity contribution is 6.07. The van der Waals surface area contributed by atoms with Crippen molar-refractivity contribution in [1.29, 1.82) is 0 Å². The molecule has 18 heavy (non-hydrogen) atoms. The Morgan fingerprint density at radius 1 is 0.944 bits per heavy atom. The fourth-order valence-corrected chi connectivity index (χ4v) is 2.81. The van der Waals surface area contributed by atoms with E-state index in [1.54, 1.807) is 0 Å². The molecule has 0 bridgehead atoms.